The number of hydrogen-bond donors (Lipinski definition) is 1. The Morgan fingerprint density at radius 3 is 2.76 bits per heavy atom. The Bertz CT molecular complexity index is 355. The van der Waals surface area contributed by atoms with Crippen molar-refractivity contribution in [2.45, 2.75) is 45.8 Å². The molecular weight excluding hydrogens is 238 g/mol. The number of rotatable bonds is 6. The molecule has 0 radical (unpaired) electrons. The van der Waals surface area contributed by atoms with Gasteiger partial charge in [-0.05, 0) is 34.1 Å². The number of halogens is 1. The summed E-state index contributed by atoms with van der Waals surface area (Å²) in [6.07, 6.45) is 2.63. The monoisotopic (exact) mass is 257 g/mol. The van der Waals surface area contributed by atoms with Gasteiger partial charge in [-0.1, -0.05) is 0 Å². The second kappa shape index (κ2) is 6.05. The van der Waals surface area contributed by atoms with Crippen LogP contribution in [0.1, 0.15) is 34.1 Å². The fourth-order valence-electron chi connectivity index (χ4n) is 1.31. The van der Waals surface area contributed by atoms with Crippen LogP contribution in [-0.2, 0) is 0 Å². The minimum atomic E-state index is -0.127. The van der Waals surface area contributed by atoms with Crippen molar-refractivity contribution >= 4 is 17.5 Å². The average molecular weight is 258 g/mol. The van der Waals surface area contributed by atoms with Gasteiger partial charge in [0, 0.05) is 23.7 Å². The molecule has 1 aromatic rings. The van der Waals surface area contributed by atoms with E-state index in [0.717, 1.165) is 6.42 Å². The van der Waals surface area contributed by atoms with E-state index in [-0.39, 0.29) is 11.6 Å². The Labute approximate surface area is 108 Å². The first-order valence-corrected chi connectivity index (χ1v) is 6.30. The van der Waals surface area contributed by atoms with E-state index in [4.69, 9.17) is 16.3 Å². The highest BCUT2D eigenvalue weighted by atomic mass is 35.5. The van der Waals surface area contributed by atoms with Crippen molar-refractivity contribution in [1.29, 1.82) is 0 Å². The molecule has 4 nitrogen and oxygen atoms in total. The van der Waals surface area contributed by atoms with Gasteiger partial charge >= 0.3 is 0 Å². The normalized spacial score (nSPS) is 11.6. The van der Waals surface area contributed by atoms with E-state index in [9.17, 15) is 0 Å². The van der Waals surface area contributed by atoms with Crippen molar-refractivity contribution in [2.24, 2.45) is 0 Å². The molecule has 5 heteroatoms. The van der Waals surface area contributed by atoms with Gasteiger partial charge in [-0.2, -0.15) is 4.98 Å². The molecule has 0 saturated carbocycles. The highest BCUT2D eigenvalue weighted by Gasteiger charge is 2.18. The van der Waals surface area contributed by atoms with Gasteiger partial charge in [0.15, 0.2) is 0 Å². The molecule has 0 fully saturated rings. The van der Waals surface area contributed by atoms with Crippen molar-refractivity contribution in [1.82, 2.24) is 9.97 Å². The molecule has 0 saturated heterocycles. The van der Waals surface area contributed by atoms with Crippen molar-refractivity contribution in [3.8, 4) is 5.88 Å². The van der Waals surface area contributed by atoms with Crippen LogP contribution in [0.25, 0.3) is 0 Å². The Kier molecular flexibility index (Phi) is 5.00. The molecule has 0 unspecified atom stereocenters. The Morgan fingerprint density at radius 1 is 1.47 bits per heavy atom. The maximum atomic E-state index is 5.75. The van der Waals surface area contributed by atoms with Gasteiger partial charge in [-0.15, -0.1) is 11.6 Å². The lowest BCUT2D eigenvalue weighted by Crippen LogP contribution is -2.32. The second-order valence-corrected chi connectivity index (χ2v) is 5.21. The molecule has 1 heterocycles. The van der Waals surface area contributed by atoms with Crippen LogP contribution in [0.15, 0.2) is 12.3 Å². The van der Waals surface area contributed by atoms with Crippen molar-refractivity contribution in [3.63, 3.8) is 0 Å². The van der Waals surface area contributed by atoms with Gasteiger partial charge in [0.2, 0.25) is 11.8 Å². The number of alkyl halides is 1. The zero-order valence-electron chi connectivity index (χ0n) is 10.8. The third-order valence-electron chi connectivity index (χ3n) is 2.16. The standard InChI is InChI=1S/C12H20ClN3O/c1-9(2)17-10-5-8-14-11(15-10)16-12(3,4)6-7-13/h5,8-9H,6-7H2,1-4H3,(H,14,15,16). The molecule has 0 amide bonds. The molecular formula is C12H20ClN3O. The quantitative estimate of drug-likeness (QED) is 0.796. The number of anilines is 1. The fourth-order valence-corrected chi connectivity index (χ4v) is 1.78. The van der Waals surface area contributed by atoms with Gasteiger partial charge in [0.05, 0.1) is 6.10 Å². The Morgan fingerprint density at radius 2 is 2.18 bits per heavy atom. The van der Waals surface area contributed by atoms with E-state index in [1.807, 2.05) is 13.8 Å². The van der Waals surface area contributed by atoms with Crippen molar-refractivity contribution in [3.05, 3.63) is 12.3 Å². The predicted molar refractivity (Wildman–Crippen MR) is 70.8 cm³/mol. The molecule has 96 valence electrons. The highest BCUT2D eigenvalue weighted by molar-refractivity contribution is 6.17. The lowest BCUT2D eigenvalue weighted by molar-refractivity contribution is 0.232. The number of aromatic nitrogens is 2. The zero-order chi connectivity index (χ0) is 12.9. The lowest BCUT2D eigenvalue weighted by Gasteiger charge is -2.25. The second-order valence-electron chi connectivity index (χ2n) is 4.83. The molecule has 0 aliphatic heterocycles. The summed E-state index contributed by atoms with van der Waals surface area (Å²) in [7, 11) is 0. The van der Waals surface area contributed by atoms with Crippen LogP contribution in [-0.4, -0.2) is 27.5 Å². The van der Waals surface area contributed by atoms with E-state index in [0.29, 0.717) is 17.7 Å². The third kappa shape index (κ3) is 5.22. The molecule has 0 aromatic carbocycles. The molecule has 0 aliphatic carbocycles. The van der Waals surface area contributed by atoms with Crippen molar-refractivity contribution < 1.29 is 4.74 Å². The summed E-state index contributed by atoms with van der Waals surface area (Å²) >= 11 is 5.75. The first-order chi connectivity index (χ1) is 7.93. The number of hydrogen-bond acceptors (Lipinski definition) is 4. The Hall–Kier alpha value is -1.03. The van der Waals surface area contributed by atoms with E-state index < -0.39 is 0 Å². The van der Waals surface area contributed by atoms with Crippen LogP contribution in [0, 0.1) is 0 Å². The van der Waals surface area contributed by atoms with Gasteiger partial charge in [-0.3, -0.25) is 0 Å². The summed E-state index contributed by atoms with van der Waals surface area (Å²) in [6, 6.07) is 1.75. The van der Waals surface area contributed by atoms with Crippen LogP contribution >= 0.6 is 11.6 Å². The third-order valence-corrected chi connectivity index (χ3v) is 2.35. The molecule has 0 bridgehead atoms. The molecule has 1 N–H and O–H groups in total. The Balaban J connectivity index is 2.71. The number of nitrogens with one attached hydrogen (secondary N) is 1. The largest absolute Gasteiger partial charge is 0.475 e. The average Bonchev–Trinajstić information content (AvgIpc) is 2.15. The van der Waals surface area contributed by atoms with Crippen LogP contribution in [0.2, 0.25) is 0 Å². The van der Waals surface area contributed by atoms with Gasteiger partial charge in [0.25, 0.3) is 0 Å². The minimum Gasteiger partial charge on any atom is -0.475 e. The van der Waals surface area contributed by atoms with Crippen LogP contribution in [0.5, 0.6) is 5.88 Å². The summed E-state index contributed by atoms with van der Waals surface area (Å²) in [5.74, 6) is 1.75. The van der Waals surface area contributed by atoms with E-state index in [1.54, 1.807) is 12.3 Å². The summed E-state index contributed by atoms with van der Waals surface area (Å²) in [6.45, 7) is 8.06. The zero-order valence-corrected chi connectivity index (χ0v) is 11.6. The molecule has 17 heavy (non-hydrogen) atoms. The van der Waals surface area contributed by atoms with Crippen molar-refractivity contribution in [2.75, 3.05) is 11.2 Å². The van der Waals surface area contributed by atoms with Crippen LogP contribution in [0.4, 0.5) is 5.95 Å². The smallest absolute Gasteiger partial charge is 0.226 e. The first kappa shape index (κ1) is 14.0. The lowest BCUT2D eigenvalue weighted by atomic mass is 10.0. The first-order valence-electron chi connectivity index (χ1n) is 5.77. The predicted octanol–water partition coefficient (Wildman–Crippen LogP) is 3.08. The summed E-state index contributed by atoms with van der Waals surface area (Å²) in [4.78, 5) is 8.46. The summed E-state index contributed by atoms with van der Waals surface area (Å²) < 4.78 is 5.51. The molecule has 0 spiro atoms. The molecule has 1 aromatic heterocycles. The summed E-state index contributed by atoms with van der Waals surface area (Å²) in [5.41, 5.74) is -0.127. The van der Waals surface area contributed by atoms with Gasteiger partial charge in [0.1, 0.15) is 0 Å². The van der Waals surface area contributed by atoms with Gasteiger partial charge in [-0.25, -0.2) is 4.98 Å². The molecule has 0 aliphatic rings. The van der Waals surface area contributed by atoms with Crippen LogP contribution in [0.3, 0.4) is 0 Å². The molecule has 1 rings (SSSR count). The SMILES string of the molecule is CC(C)Oc1ccnc(NC(C)(C)CCCl)n1. The number of ether oxygens (including phenoxy) is 1. The number of nitrogens with zero attached hydrogens (tertiary/aromatic N) is 2. The van der Waals surface area contributed by atoms with E-state index in [1.165, 1.54) is 0 Å². The van der Waals surface area contributed by atoms with Gasteiger partial charge < -0.3 is 10.1 Å². The van der Waals surface area contributed by atoms with Crippen LogP contribution < -0.4 is 10.1 Å². The van der Waals surface area contributed by atoms with E-state index in [2.05, 4.69) is 29.1 Å². The topological polar surface area (TPSA) is 47.0 Å². The maximum Gasteiger partial charge on any atom is 0.226 e. The summed E-state index contributed by atoms with van der Waals surface area (Å²) in [5, 5.41) is 3.25. The van der Waals surface area contributed by atoms with E-state index >= 15 is 0 Å². The minimum absolute atomic E-state index is 0.105. The highest BCUT2D eigenvalue weighted by Crippen LogP contribution is 2.17. The molecule has 0 atom stereocenters. The fraction of sp³-hybridized carbons (Fsp3) is 0.667. The maximum absolute atomic E-state index is 5.75.